The van der Waals surface area contributed by atoms with Crippen LogP contribution in [0.1, 0.15) is 11.1 Å². The maximum absolute atomic E-state index is 13.0. The van der Waals surface area contributed by atoms with Gasteiger partial charge in [-0.15, -0.1) is 13.2 Å². The van der Waals surface area contributed by atoms with Crippen molar-refractivity contribution in [1.29, 1.82) is 0 Å². The lowest BCUT2D eigenvalue weighted by Gasteiger charge is -2.18. The Morgan fingerprint density at radius 1 is 1.29 bits per heavy atom. The Labute approximate surface area is 122 Å². The van der Waals surface area contributed by atoms with Gasteiger partial charge in [0.15, 0.2) is 5.75 Å². The van der Waals surface area contributed by atoms with E-state index in [1.165, 1.54) is 0 Å². The van der Waals surface area contributed by atoms with Crippen molar-refractivity contribution in [3.63, 3.8) is 0 Å². The average molecular weight is 382 g/mol. The third kappa shape index (κ3) is 4.76. The van der Waals surface area contributed by atoms with Crippen LogP contribution in [0.25, 0.3) is 0 Å². The van der Waals surface area contributed by atoms with Gasteiger partial charge in [-0.2, -0.15) is 13.2 Å². The molecule has 0 spiro atoms. The molecule has 0 aliphatic heterocycles. The monoisotopic (exact) mass is 381 g/mol. The van der Waals surface area contributed by atoms with Gasteiger partial charge in [0.25, 0.3) is 0 Å². The van der Waals surface area contributed by atoms with Gasteiger partial charge in [-0.3, -0.25) is 4.79 Å². The van der Waals surface area contributed by atoms with Crippen molar-refractivity contribution in [3.05, 3.63) is 21.9 Å². The molecule has 0 aliphatic carbocycles. The smallest absolute Gasteiger partial charge is 0.469 e. The molecule has 0 saturated carbocycles. The highest BCUT2D eigenvalue weighted by molar-refractivity contribution is 9.10. The standard InChI is InChI=1S/C10H6BrF6NO3/c1-20-6(19)2-4-7(9(12,13)14)5(3-18-8(4)11)21-10(15,16)17/h3H,2H2,1H3. The number of ether oxygens (including phenoxy) is 2. The number of carbonyl (C=O) groups is 1. The lowest BCUT2D eigenvalue weighted by atomic mass is 10.1. The molecule has 118 valence electrons. The summed E-state index contributed by atoms with van der Waals surface area (Å²) in [6.45, 7) is 0. The lowest BCUT2D eigenvalue weighted by molar-refractivity contribution is -0.276. The SMILES string of the molecule is COC(=O)Cc1c(Br)ncc(OC(F)(F)F)c1C(F)(F)F. The minimum atomic E-state index is -5.34. The second-order valence-electron chi connectivity index (χ2n) is 3.57. The number of alkyl halides is 6. The summed E-state index contributed by atoms with van der Waals surface area (Å²) >= 11 is 2.66. The van der Waals surface area contributed by atoms with Crippen molar-refractivity contribution in [2.75, 3.05) is 7.11 Å². The minimum absolute atomic E-state index is 0.265. The van der Waals surface area contributed by atoms with Gasteiger partial charge in [0.1, 0.15) is 10.2 Å². The fraction of sp³-hybridized carbons (Fsp3) is 0.400. The molecular formula is C10H6BrF6NO3. The molecule has 1 rings (SSSR count). The average Bonchev–Trinajstić information content (AvgIpc) is 2.29. The summed E-state index contributed by atoms with van der Waals surface area (Å²) in [6, 6.07) is 0. The van der Waals surface area contributed by atoms with Gasteiger partial charge in [0.2, 0.25) is 0 Å². The van der Waals surface area contributed by atoms with Gasteiger partial charge >= 0.3 is 18.5 Å². The first-order valence-electron chi connectivity index (χ1n) is 5.03. The predicted molar refractivity (Wildman–Crippen MR) is 59.3 cm³/mol. The first-order valence-corrected chi connectivity index (χ1v) is 5.82. The molecule has 11 heteroatoms. The number of carbonyl (C=O) groups excluding carboxylic acids is 1. The van der Waals surface area contributed by atoms with Crippen molar-refractivity contribution >= 4 is 21.9 Å². The normalized spacial score (nSPS) is 12.2. The van der Waals surface area contributed by atoms with Crippen molar-refractivity contribution in [3.8, 4) is 5.75 Å². The molecule has 0 fully saturated rings. The van der Waals surface area contributed by atoms with Crippen LogP contribution in [0.5, 0.6) is 5.75 Å². The Balaban J connectivity index is 3.46. The summed E-state index contributed by atoms with van der Waals surface area (Å²) < 4.78 is 82.4. The summed E-state index contributed by atoms with van der Waals surface area (Å²) in [5.41, 5.74) is -2.55. The second kappa shape index (κ2) is 6.08. The fourth-order valence-corrected chi connectivity index (χ4v) is 1.84. The molecule has 4 nitrogen and oxygen atoms in total. The van der Waals surface area contributed by atoms with Gasteiger partial charge in [-0.25, -0.2) is 4.98 Å². The van der Waals surface area contributed by atoms with Crippen LogP contribution in [0.2, 0.25) is 0 Å². The van der Waals surface area contributed by atoms with Gasteiger partial charge in [-0.05, 0) is 15.9 Å². The van der Waals surface area contributed by atoms with Crippen LogP contribution < -0.4 is 4.74 Å². The Morgan fingerprint density at radius 3 is 2.29 bits per heavy atom. The number of hydrogen-bond donors (Lipinski definition) is 0. The maximum Gasteiger partial charge on any atom is 0.573 e. The van der Waals surface area contributed by atoms with E-state index < -0.39 is 46.4 Å². The van der Waals surface area contributed by atoms with E-state index in [0.29, 0.717) is 0 Å². The number of rotatable bonds is 3. The topological polar surface area (TPSA) is 48.4 Å². The molecule has 0 aliphatic rings. The Bertz CT molecular complexity index is 543. The van der Waals surface area contributed by atoms with E-state index in [9.17, 15) is 31.1 Å². The molecule has 1 aromatic rings. The molecular weight excluding hydrogens is 376 g/mol. The van der Waals surface area contributed by atoms with E-state index in [1.54, 1.807) is 0 Å². The Kier molecular flexibility index (Phi) is 5.07. The number of esters is 1. The summed E-state index contributed by atoms with van der Waals surface area (Å²) in [4.78, 5) is 14.4. The zero-order chi connectivity index (χ0) is 16.4. The minimum Gasteiger partial charge on any atom is -0.469 e. The molecule has 0 bridgehead atoms. The van der Waals surface area contributed by atoms with Gasteiger partial charge in [0.05, 0.1) is 19.7 Å². The second-order valence-corrected chi connectivity index (χ2v) is 4.32. The molecule has 1 aromatic heterocycles. The number of methoxy groups -OCH3 is 1. The van der Waals surface area contributed by atoms with Crippen LogP contribution in [0, 0.1) is 0 Å². The van der Waals surface area contributed by atoms with Gasteiger partial charge in [-0.1, -0.05) is 0 Å². The van der Waals surface area contributed by atoms with E-state index in [2.05, 4.69) is 30.4 Å². The van der Waals surface area contributed by atoms with E-state index >= 15 is 0 Å². The van der Waals surface area contributed by atoms with Crippen molar-refractivity contribution < 1.29 is 40.6 Å². The largest absolute Gasteiger partial charge is 0.573 e. The van der Waals surface area contributed by atoms with E-state index in [4.69, 9.17) is 0 Å². The summed E-state index contributed by atoms with van der Waals surface area (Å²) in [5.74, 6) is -2.62. The van der Waals surface area contributed by atoms with Crippen molar-refractivity contribution in [2.45, 2.75) is 19.0 Å². The maximum atomic E-state index is 13.0. The highest BCUT2D eigenvalue weighted by atomic mass is 79.9. The first kappa shape index (κ1) is 17.5. The molecule has 0 aromatic carbocycles. The van der Waals surface area contributed by atoms with Crippen LogP contribution in [-0.4, -0.2) is 24.4 Å². The van der Waals surface area contributed by atoms with E-state index in [-0.39, 0.29) is 6.20 Å². The number of nitrogens with zero attached hydrogens (tertiary/aromatic N) is 1. The molecule has 0 radical (unpaired) electrons. The molecule has 0 atom stereocenters. The summed E-state index contributed by atoms with van der Waals surface area (Å²) in [6.07, 6.45) is -11.2. The molecule has 0 saturated heterocycles. The van der Waals surface area contributed by atoms with Gasteiger partial charge in [0, 0.05) is 5.56 Å². The predicted octanol–water partition coefficient (Wildman–Crippen LogP) is 3.48. The number of halogens is 7. The van der Waals surface area contributed by atoms with Crippen LogP contribution in [0.4, 0.5) is 26.3 Å². The lowest BCUT2D eigenvalue weighted by Crippen LogP contribution is -2.22. The molecule has 0 unspecified atom stereocenters. The Hall–Kier alpha value is -1.52. The summed E-state index contributed by atoms with van der Waals surface area (Å²) in [5, 5.41) is 0. The van der Waals surface area contributed by atoms with Gasteiger partial charge < -0.3 is 9.47 Å². The highest BCUT2D eigenvalue weighted by Crippen LogP contribution is 2.42. The summed E-state index contributed by atoms with van der Waals surface area (Å²) in [7, 11) is 0.924. The number of pyridine rings is 1. The molecule has 21 heavy (non-hydrogen) atoms. The molecule has 0 amide bonds. The highest BCUT2D eigenvalue weighted by Gasteiger charge is 2.42. The van der Waals surface area contributed by atoms with Crippen molar-refractivity contribution in [1.82, 2.24) is 4.98 Å². The number of aromatic nitrogens is 1. The third-order valence-electron chi connectivity index (χ3n) is 2.15. The molecule has 1 heterocycles. The van der Waals surface area contributed by atoms with Crippen LogP contribution >= 0.6 is 15.9 Å². The Morgan fingerprint density at radius 2 is 1.86 bits per heavy atom. The van der Waals surface area contributed by atoms with Crippen LogP contribution in [0.15, 0.2) is 10.8 Å². The van der Waals surface area contributed by atoms with Crippen LogP contribution in [0.3, 0.4) is 0 Å². The van der Waals surface area contributed by atoms with Crippen LogP contribution in [-0.2, 0) is 22.1 Å². The molecule has 0 N–H and O–H groups in total. The third-order valence-corrected chi connectivity index (χ3v) is 2.83. The zero-order valence-electron chi connectivity index (χ0n) is 10.1. The van der Waals surface area contributed by atoms with E-state index in [1.807, 2.05) is 0 Å². The quantitative estimate of drug-likeness (QED) is 0.457. The number of hydrogen-bond acceptors (Lipinski definition) is 4. The van der Waals surface area contributed by atoms with E-state index in [0.717, 1.165) is 7.11 Å². The fourth-order valence-electron chi connectivity index (χ4n) is 1.40. The zero-order valence-corrected chi connectivity index (χ0v) is 11.7. The first-order chi connectivity index (χ1) is 9.45. The van der Waals surface area contributed by atoms with Crippen molar-refractivity contribution in [2.24, 2.45) is 0 Å².